The van der Waals surface area contributed by atoms with E-state index in [0.29, 0.717) is 51.0 Å². The number of benzene rings is 10. The first-order chi connectivity index (χ1) is 46.7. The van der Waals surface area contributed by atoms with E-state index >= 15 is 0 Å². The van der Waals surface area contributed by atoms with E-state index in [4.69, 9.17) is 32.3 Å². The Morgan fingerprint density at radius 1 is 0.459 bits per heavy atom. The number of hydrogen-bond donors (Lipinski definition) is 0. The van der Waals surface area contributed by atoms with Crippen molar-refractivity contribution < 1.29 is 51.1 Å². The van der Waals surface area contributed by atoms with E-state index < -0.39 is 84.0 Å². The summed E-state index contributed by atoms with van der Waals surface area (Å²) in [7, 11) is 0. The van der Waals surface area contributed by atoms with Crippen LogP contribution in [0.15, 0.2) is 236 Å². The zero-order valence-electron chi connectivity index (χ0n) is 63.4. The van der Waals surface area contributed by atoms with E-state index in [0.717, 1.165) is 38.5 Å². The topological polar surface area (TPSA) is 42.8 Å². The minimum atomic E-state index is -0.594. The fourth-order valence-electron chi connectivity index (χ4n) is 10.7. The van der Waals surface area contributed by atoms with Gasteiger partial charge in [-0.3, -0.25) is 0 Å². The van der Waals surface area contributed by atoms with Crippen LogP contribution < -0.4 is 19.3 Å². The van der Waals surface area contributed by atoms with Gasteiger partial charge in [-0.2, -0.15) is 12.1 Å². The smallest absolute Gasteiger partial charge is 0.143 e. The minimum absolute atomic E-state index is 0. The molecule has 0 spiro atoms. The van der Waals surface area contributed by atoms with Gasteiger partial charge in [-0.15, -0.1) is 48.1 Å². The molecule has 7 heteroatoms. The summed E-state index contributed by atoms with van der Waals surface area (Å²) >= 11 is 0. The summed E-state index contributed by atoms with van der Waals surface area (Å²) in [5.74, 6) is 1.67. The average Bonchev–Trinajstić information content (AvgIpc) is 1.36. The van der Waals surface area contributed by atoms with Gasteiger partial charge in [0.05, 0.1) is 20.6 Å². The van der Waals surface area contributed by atoms with Gasteiger partial charge in [0.25, 0.3) is 0 Å². The van der Waals surface area contributed by atoms with Crippen molar-refractivity contribution in [3.8, 4) is 73.3 Å². The van der Waals surface area contributed by atoms with Crippen molar-refractivity contribution in [2.24, 2.45) is 0 Å². The van der Waals surface area contributed by atoms with E-state index in [2.05, 4.69) is 98.7 Å². The van der Waals surface area contributed by atoms with Crippen molar-refractivity contribution >= 4 is 44.6 Å². The molecule has 424 valence electrons. The van der Waals surface area contributed by atoms with Crippen LogP contribution in [0.3, 0.4) is 0 Å². The quantitative estimate of drug-likeness (QED) is 0.121. The molecule has 0 aliphatic carbocycles. The van der Waals surface area contributed by atoms with Gasteiger partial charge >= 0.3 is 0 Å². The van der Waals surface area contributed by atoms with Crippen LogP contribution in [0.25, 0.3) is 72.1 Å². The van der Waals surface area contributed by atoms with Crippen LogP contribution in [-0.2, 0) is 37.3 Å². The van der Waals surface area contributed by atoms with E-state index in [1.165, 1.54) is 0 Å². The summed E-state index contributed by atoms with van der Waals surface area (Å²) in [6, 6.07) is 42.3. The number of aromatic nitrogens is 2. The predicted octanol–water partition coefficient (Wildman–Crippen LogP) is 21.3. The fraction of sp³-hybridized carbons (Fsp3) is 0.154. The zero-order chi connectivity index (χ0) is 71.0. The van der Waals surface area contributed by atoms with Crippen LogP contribution in [0, 0.1) is 18.8 Å². The SMILES string of the molecule is [2H]c1c([2H])c([2H])c(-c2cc(C(C)(C)C)cc(-c3cc(C(C)(C)C)cc(C(C)(C)C)c3)c2Oc2ccnc(-n3c4[c-]c(Oc5[c-]c(N6[CH-]N(c7c(-c8c([2H])c([2H])c([2H])c([2H])c8[2H])cccc7-c7c([2H])c([2H])c([2H])c([2H])c7[2H])c7ccccc76)ccc5)ccc4c4ccccc43)c2)c([2H])c1[2H].[Pt]. The molecule has 6 nitrogen and oxygen atoms in total. The molecule has 85 heavy (non-hydrogen) atoms. The first-order valence-electron chi connectivity index (χ1n) is 35.3. The van der Waals surface area contributed by atoms with Gasteiger partial charge in [-0.25, -0.2) is 4.98 Å². The molecule has 1 aliphatic heterocycles. The maximum absolute atomic E-state index is 9.37. The molecule has 12 aromatic rings. The number of nitrogens with zero attached hydrogens (tertiary/aromatic N) is 4. The Morgan fingerprint density at radius 2 is 0.988 bits per heavy atom. The molecule has 3 heterocycles. The van der Waals surface area contributed by atoms with Gasteiger partial charge in [-0.1, -0.05) is 225 Å². The summed E-state index contributed by atoms with van der Waals surface area (Å²) in [6.45, 7) is 20.9. The monoisotopic (exact) mass is 1300 g/mol. The summed E-state index contributed by atoms with van der Waals surface area (Å²) in [4.78, 5) is 8.49. The van der Waals surface area contributed by atoms with E-state index in [1.807, 2.05) is 76.2 Å². The average molecular weight is 1300 g/mol. The van der Waals surface area contributed by atoms with E-state index in [1.54, 1.807) is 66.3 Å². The van der Waals surface area contributed by atoms with Gasteiger partial charge < -0.3 is 23.8 Å². The molecule has 0 saturated heterocycles. The number of rotatable bonds is 11. The molecule has 10 aromatic carbocycles. The second-order valence-electron chi connectivity index (χ2n) is 23.9. The Hall–Kier alpha value is -8.96. The molecule has 2 aromatic heterocycles. The number of hydrogen-bond acceptors (Lipinski definition) is 5. The molecule has 0 atom stereocenters. The Labute approximate surface area is 536 Å². The van der Waals surface area contributed by atoms with Crippen molar-refractivity contribution in [3.63, 3.8) is 0 Å². The zero-order valence-corrected chi connectivity index (χ0v) is 50.6. The van der Waals surface area contributed by atoms with Gasteiger partial charge in [0, 0.05) is 89.7 Å². The van der Waals surface area contributed by atoms with Gasteiger partial charge in [0.15, 0.2) is 0 Å². The molecule has 0 amide bonds. The molecular formula is C78H67N4O2Pt-3. The molecule has 13 rings (SSSR count). The van der Waals surface area contributed by atoms with Gasteiger partial charge in [0.1, 0.15) is 17.3 Å². The molecule has 1 aliphatic rings. The minimum Gasteiger partial charge on any atom is -0.509 e. The Morgan fingerprint density at radius 3 is 1.60 bits per heavy atom. The third kappa shape index (κ3) is 11.1. The molecular weight excluding hydrogens is 1220 g/mol. The number of para-hydroxylation sites is 4. The Bertz CT molecular complexity index is 5160. The maximum atomic E-state index is 9.37. The maximum Gasteiger partial charge on any atom is 0.143 e. The standard InChI is InChI=1S/C78H67N4O2.Pt/c1-76(2,3)56-43-55(44-57(45-56)77(4,5)6)68-47-58(78(7,8)9)46-67(54-29-17-12-18-30-54)75(68)84-62-41-42-79-73(50-62)82-69-36-20-19-33-65(69)66-40-39-61(49-72(66)82)83-60-32-23-31-59(48-60)80-51-81(71-38-22-21-37-70(71)80)74-63(52-25-13-10-14-26-52)34-24-35-64(74)53-27-15-11-16-28-53;/h10-47,50-51H,1-9H3;/q-3;/i10D,11D,12D,13D,14D,15D,16D,17D,18D,25D,26D,27D,28D,29D,30D;. The second-order valence-corrected chi connectivity index (χ2v) is 23.9. The molecule has 0 saturated carbocycles. The van der Waals surface area contributed by atoms with Crippen molar-refractivity contribution in [1.82, 2.24) is 9.55 Å². The Balaban J connectivity index is 0.00000948. The van der Waals surface area contributed by atoms with Crippen molar-refractivity contribution in [3.05, 3.63) is 272 Å². The molecule has 0 fully saturated rings. The number of pyridine rings is 1. The molecule has 0 N–H and O–H groups in total. The molecule has 0 bridgehead atoms. The largest absolute Gasteiger partial charge is 0.509 e. The van der Waals surface area contributed by atoms with Crippen LogP contribution in [0.4, 0.5) is 22.7 Å². The predicted molar refractivity (Wildman–Crippen MR) is 349 cm³/mol. The summed E-state index contributed by atoms with van der Waals surface area (Å²) in [5, 5.41) is 1.72. The van der Waals surface area contributed by atoms with Crippen LogP contribution in [0.2, 0.25) is 0 Å². The number of fused-ring (bicyclic) bond motifs is 4. The van der Waals surface area contributed by atoms with Crippen molar-refractivity contribution in [2.45, 2.75) is 78.6 Å². The molecule has 0 radical (unpaired) electrons. The summed E-state index contributed by atoms with van der Waals surface area (Å²) in [5.41, 5.74) is 6.95. The van der Waals surface area contributed by atoms with Crippen molar-refractivity contribution in [1.29, 1.82) is 0 Å². The fourth-order valence-corrected chi connectivity index (χ4v) is 10.7. The number of anilines is 4. The normalized spacial score (nSPS) is 15.0. The Kier molecular flexibility index (Phi) is 10.9. The summed E-state index contributed by atoms with van der Waals surface area (Å²) in [6.07, 6.45) is 1.64. The van der Waals surface area contributed by atoms with E-state index in [-0.39, 0.29) is 89.0 Å². The van der Waals surface area contributed by atoms with Crippen LogP contribution in [0.1, 0.15) is 99.6 Å². The van der Waals surface area contributed by atoms with E-state index in [9.17, 15) is 2.74 Å². The third-order valence-corrected chi connectivity index (χ3v) is 15.1. The number of ether oxygens (including phenoxy) is 2. The molecule has 0 unspecified atom stereocenters. The van der Waals surface area contributed by atoms with Crippen LogP contribution in [-0.4, -0.2) is 9.55 Å². The van der Waals surface area contributed by atoms with Gasteiger partial charge in [0.2, 0.25) is 0 Å². The van der Waals surface area contributed by atoms with Crippen LogP contribution in [0.5, 0.6) is 23.0 Å². The third-order valence-electron chi connectivity index (χ3n) is 15.1. The van der Waals surface area contributed by atoms with Crippen LogP contribution >= 0.6 is 0 Å². The summed E-state index contributed by atoms with van der Waals surface area (Å²) < 4.78 is 149. The van der Waals surface area contributed by atoms with Crippen molar-refractivity contribution in [2.75, 3.05) is 9.80 Å². The first kappa shape index (κ1) is 41.1. The first-order valence-corrected chi connectivity index (χ1v) is 27.8. The van der Waals surface area contributed by atoms with Gasteiger partial charge in [-0.05, 0) is 97.0 Å². The second kappa shape index (κ2) is 22.6.